The molecule has 2 aromatic carbocycles. The zero-order chi connectivity index (χ0) is 21.4. The molecule has 0 atom stereocenters. The molecule has 1 N–H and O–H groups in total. The van der Waals surface area contributed by atoms with Crippen molar-refractivity contribution >= 4 is 22.4 Å². The average Bonchev–Trinajstić information content (AvgIpc) is 2.63. The molecule has 0 aliphatic carbocycles. The summed E-state index contributed by atoms with van der Waals surface area (Å²) < 4.78 is 1.74. The van der Waals surface area contributed by atoms with Gasteiger partial charge in [0.15, 0.2) is 0 Å². The zero-order valence-electron chi connectivity index (χ0n) is 18.2. The molecule has 0 radical (unpaired) electrons. The number of benzene rings is 2. The van der Waals surface area contributed by atoms with Crippen LogP contribution in [0.1, 0.15) is 57.5 Å². The topological polar surface area (TPSA) is 51.1 Å². The van der Waals surface area contributed by atoms with Crippen LogP contribution in [0.25, 0.3) is 10.8 Å². The molecule has 152 valence electrons. The highest BCUT2D eigenvalue weighted by Crippen LogP contribution is 2.25. The summed E-state index contributed by atoms with van der Waals surface area (Å²) in [5.41, 5.74) is 2.42. The quantitative estimate of drug-likeness (QED) is 0.633. The molecular formula is C25H30N2O2. The molecule has 0 saturated carbocycles. The molecule has 0 aliphatic rings. The van der Waals surface area contributed by atoms with E-state index in [9.17, 15) is 9.59 Å². The van der Waals surface area contributed by atoms with E-state index in [4.69, 9.17) is 0 Å². The summed E-state index contributed by atoms with van der Waals surface area (Å²) in [6.45, 7) is 13.4. The van der Waals surface area contributed by atoms with Gasteiger partial charge >= 0.3 is 0 Å². The number of carbonyl (C=O) groups is 1. The van der Waals surface area contributed by atoms with Crippen molar-refractivity contribution in [3.8, 4) is 0 Å². The van der Waals surface area contributed by atoms with E-state index in [1.54, 1.807) is 4.57 Å². The lowest BCUT2D eigenvalue weighted by atomic mass is 9.86. The first-order valence-electron chi connectivity index (χ1n) is 10.00. The Balaban J connectivity index is 1.91. The van der Waals surface area contributed by atoms with Crippen molar-refractivity contribution < 1.29 is 4.79 Å². The molecule has 29 heavy (non-hydrogen) atoms. The lowest BCUT2D eigenvalue weighted by Gasteiger charge is -2.20. The highest BCUT2D eigenvalue weighted by Gasteiger charge is 2.16. The van der Waals surface area contributed by atoms with E-state index < -0.39 is 0 Å². The second-order valence-electron chi connectivity index (χ2n) is 9.86. The van der Waals surface area contributed by atoms with Crippen LogP contribution in [-0.4, -0.2) is 10.5 Å². The molecule has 0 bridgehead atoms. The number of carbonyl (C=O) groups excluding carboxylic acids is 1. The Labute approximate surface area is 172 Å². The molecule has 0 unspecified atom stereocenters. The van der Waals surface area contributed by atoms with E-state index in [1.807, 2.05) is 54.7 Å². The Morgan fingerprint density at radius 1 is 0.897 bits per heavy atom. The Bertz CT molecular complexity index is 1090. The highest BCUT2D eigenvalue weighted by atomic mass is 16.1. The molecule has 0 aliphatic heterocycles. The second kappa shape index (κ2) is 7.51. The van der Waals surface area contributed by atoms with Gasteiger partial charge in [-0.15, -0.1) is 0 Å². The van der Waals surface area contributed by atoms with Gasteiger partial charge in [-0.25, -0.2) is 0 Å². The number of rotatable bonds is 3. The van der Waals surface area contributed by atoms with Crippen LogP contribution in [0.4, 0.5) is 5.69 Å². The van der Waals surface area contributed by atoms with Crippen LogP contribution in [0.15, 0.2) is 59.5 Å². The third-order valence-electron chi connectivity index (χ3n) is 4.92. The summed E-state index contributed by atoms with van der Waals surface area (Å²) in [5, 5.41) is 4.33. The second-order valence-corrected chi connectivity index (χ2v) is 9.86. The summed E-state index contributed by atoms with van der Waals surface area (Å²) in [7, 11) is 0. The molecule has 3 rings (SSSR count). The van der Waals surface area contributed by atoms with Gasteiger partial charge in [-0.1, -0.05) is 59.7 Å². The predicted molar refractivity (Wildman–Crippen MR) is 121 cm³/mol. The van der Waals surface area contributed by atoms with Crippen LogP contribution in [-0.2, 0) is 12.0 Å². The number of aromatic nitrogens is 1. The minimum atomic E-state index is -0.183. The number of pyridine rings is 1. The standard InChI is InChI=1S/C25H30N2O2/c1-24(2,3)16-27-15-14-19-20(23(27)29)8-7-9-21(19)26-22(28)17-10-12-18(13-11-17)25(4,5)6/h7-15H,16H2,1-6H3,(H,26,28). The van der Waals surface area contributed by atoms with Crippen molar-refractivity contribution in [3.63, 3.8) is 0 Å². The first kappa shape index (κ1) is 20.8. The zero-order valence-corrected chi connectivity index (χ0v) is 18.2. The van der Waals surface area contributed by atoms with Gasteiger partial charge in [0.25, 0.3) is 11.5 Å². The fraction of sp³-hybridized carbons (Fsp3) is 0.360. The number of anilines is 1. The van der Waals surface area contributed by atoms with E-state index in [-0.39, 0.29) is 22.3 Å². The third-order valence-corrected chi connectivity index (χ3v) is 4.92. The minimum Gasteiger partial charge on any atom is -0.321 e. The Morgan fingerprint density at radius 2 is 1.55 bits per heavy atom. The summed E-state index contributed by atoms with van der Waals surface area (Å²) in [6, 6.07) is 15.0. The molecular weight excluding hydrogens is 360 g/mol. The molecule has 4 heteroatoms. The molecule has 3 aromatic rings. The van der Waals surface area contributed by atoms with E-state index in [1.165, 1.54) is 5.56 Å². The maximum absolute atomic E-state index is 12.9. The van der Waals surface area contributed by atoms with Gasteiger partial charge in [0.1, 0.15) is 0 Å². The largest absolute Gasteiger partial charge is 0.321 e. The maximum Gasteiger partial charge on any atom is 0.258 e. The number of amides is 1. The van der Waals surface area contributed by atoms with Crippen molar-refractivity contribution in [3.05, 3.63) is 76.2 Å². The van der Waals surface area contributed by atoms with Crippen molar-refractivity contribution in [1.82, 2.24) is 4.57 Å². The fourth-order valence-electron chi connectivity index (χ4n) is 3.38. The predicted octanol–water partition coefficient (Wildman–Crippen LogP) is 5.60. The summed E-state index contributed by atoms with van der Waals surface area (Å²) in [5.74, 6) is -0.183. The number of hydrogen-bond acceptors (Lipinski definition) is 2. The summed E-state index contributed by atoms with van der Waals surface area (Å²) >= 11 is 0. The lowest BCUT2D eigenvalue weighted by molar-refractivity contribution is 0.102. The molecule has 1 amide bonds. The normalized spacial score (nSPS) is 12.2. The van der Waals surface area contributed by atoms with Gasteiger partial charge in [-0.2, -0.15) is 0 Å². The van der Waals surface area contributed by atoms with E-state index in [0.29, 0.717) is 23.2 Å². The van der Waals surface area contributed by atoms with Gasteiger partial charge in [-0.3, -0.25) is 9.59 Å². The van der Waals surface area contributed by atoms with Crippen LogP contribution in [0, 0.1) is 5.41 Å². The van der Waals surface area contributed by atoms with Crippen molar-refractivity contribution in [2.24, 2.45) is 5.41 Å². The SMILES string of the molecule is CC(C)(C)Cn1ccc2c(NC(=O)c3ccc(C(C)(C)C)cc3)cccc2c1=O. The molecule has 0 fully saturated rings. The van der Waals surface area contributed by atoms with Crippen molar-refractivity contribution in [2.45, 2.75) is 53.5 Å². The molecule has 4 nitrogen and oxygen atoms in total. The average molecular weight is 391 g/mol. The molecule has 0 saturated heterocycles. The number of hydrogen-bond donors (Lipinski definition) is 1. The number of nitrogens with one attached hydrogen (secondary N) is 1. The Kier molecular flexibility index (Phi) is 5.40. The molecule has 1 heterocycles. The molecule has 1 aromatic heterocycles. The van der Waals surface area contributed by atoms with Gasteiger partial charge < -0.3 is 9.88 Å². The minimum absolute atomic E-state index is 0.00253. The van der Waals surface area contributed by atoms with E-state index >= 15 is 0 Å². The smallest absolute Gasteiger partial charge is 0.258 e. The van der Waals surface area contributed by atoms with E-state index in [0.717, 1.165) is 5.39 Å². The lowest BCUT2D eigenvalue weighted by Crippen LogP contribution is -2.26. The summed E-state index contributed by atoms with van der Waals surface area (Å²) in [6.07, 6.45) is 1.81. The van der Waals surface area contributed by atoms with Crippen LogP contribution < -0.4 is 10.9 Å². The van der Waals surface area contributed by atoms with Gasteiger partial charge in [0, 0.05) is 34.8 Å². The molecule has 0 spiro atoms. The third kappa shape index (κ3) is 4.76. The van der Waals surface area contributed by atoms with Crippen LogP contribution in [0.2, 0.25) is 0 Å². The maximum atomic E-state index is 12.9. The highest BCUT2D eigenvalue weighted by molar-refractivity contribution is 6.09. The van der Waals surface area contributed by atoms with Crippen LogP contribution >= 0.6 is 0 Å². The monoisotopic (exact) mass is 390 g/mol. The Hall–Kier alpha value is -2.88. The number of nitrogens with zero attached hydrogens (tertiary/aromatic N) is 1. The van der Waals surface area contributed by atoms with Crippen LogP contribution in [0.3, 0.4) is 0 Å². The Morgan fingerprint density at radius 3 is 2.14 bits per heavy atom. The number of fused-ring (bicyclic) bond motifs is 1. The van der Waals surface area contributed by atoms with Gasteiger partial charge in [-0.05, 0) is 46.7 Å². The van der Waals surface area contributed by atoms with Gasteiger partial charge in [0.05, 0.1) is 0 Å². The van der Waals surface area contributed by atoms with Crippen molar-refractivity contribution in [1.29, 1.82) is 0 Å². The van der Waals surface area contributed by atoms with E-state index in [2.05, 4.69) is 46.9 Å². The van der Waals surface area contributed by atoms with Gasteiger partial charge in [0.2, 0.25) is 0 Å². The first-order chi connectivity index (χ1) is 13.5. The first-order valence-corrected chi connectivity index (χ1v) is 10.00. The van der Waals surface area contributed by atoms with Crippen LogP contribution in [0.5, 0.6) is 0 Å². The fourth-order valence-corrected chi connectivity index (χ4v) is 3.38. The van der Waals surface area contributed by atoms with Crippen molar-refractivity contribution in [2.75, 3.05) is 5.32 Å². The summed E-state index contributed by atoms with van der Waals surface area (Å²) in [4.78, 5) is 25.7.